The van der Waals surface area contributed by atoms with Crippen LogP contribution in [-0.4, -0.2) is 24.6 Å². The monoisotopic (exact) mass is 556 g/mol. The summed E-state index contributed by atoms with van der Waals surface area (Å²) in [5.41, 5.74) is 2.87. The van der Waals surface area contributed by atoms with Gasteiger partial charge in [-0.25, -0.2) is 14.4 Å². The summed E-state index contributed by atoms with van der Waals surface area (Å²) in [6.07, 6.45) is 0. The van der Waals surface area contributed by atoms with Gasteiger partial charge in [0.05, 0.1) is 24.3 Å². The van der Waals surface area contributed by atoms with Crippen molar-refractivity contribution in [3.8, 4) is 0 Å². The number of hydrogen-bond donors (Lipinski definition) is 4. The zero-order valence-corrected chi connectivity index (χ0v) is 22.5. The van der Waals surface area contributed by atoms with Crippen LogP contribution in [0.1, 0.15) is 40.5 Å². The number of hydrogen-bond acceptors (Lipinski definition) is 4. The molecule has 0 aliphatic carbocycles. The molecule has 0 heterocycles. The van der Waals surface area contributed by atoms with Gasteiger partial charge in [-0.05, 0) is 60.5 Å². The van der Waals surface area contributed by atoms with E-state index in [0.717, 1.165) is 11.1 Å². The van der Waals surface area contributed by atoms with Crippen molar-refractivity contribution < 1.29 is 19.1 Å². The molecule has 9 heteroatoms. The molecule has 0 saturated heterocycles. The van der Waals surface area contributed by atoms with E-state index in [9.17, 15) is 14.4 Å². The topological polar surface area (TPSA) is 109 Å². The SMILES string of the molecule is CCOC(=O)c1cccc(NC(=O)NC(c2ccccc2)C(NC(=O)Nc2ccc(Cl)cc2)c2ccccc2)c1. The second-order valence-corrected chi connectivity index (χ2v) is 9.22. The third-order valence-electron chi connectivity index (χ3n) is 5.96. The minimum absolute atomic E-state index is 0.245. The van der Waals surface area contributed by atoms with Gasteiger partial charge in [-0.2, -0.15) is 0 Å². The molecule has 0 spiro atoms. The maximum absolute atomic E-state index is 13.3. The molecular weight excluding hydrogens is 528 g/mol. The Balaban J connectivity index is 1.59. The second-order valence-electron chi connectivity index (χ2n) is 8.78. The average Bonchev–Trinajstić information content (AvgIpc) is 2.97. The number of ether oxygens (including phenoxy) is 1. The van der Waals surface area contributed by atoms with Gasteiger partial charge >= 0.3 is 18.0 Å². The summed E-state index contributed by atoms with van der Waals surface area (Å²) in [6, 6.07) is 29.7. The van der Waals surface area contributed by atoms with Crippen molar-refractivity contribution in [3.63, 3.8) is 0 Å². The number of halogens is 1. The lowest BCUT2D eigenvalue weighted by Gasteiger charge is -2.30. The molecule has 0 bridgehead atoms. The summed E-state index contributed by atoms with van der Waals surface area (Å²) >= 11 is 5.97. The Morgan fingerprint density at radius 3 is 1.73 bits per heavy atom. The smallest absolute Gasteiger partial charge is 0.338 e. The van der Waals surface area contributed by atoms with E-state index in [-0.39, 0.29) is 6.61 Å². The van der Waals surface area contributed by atoms with E-state index in [1.54, 1.807) is 55.5 Å². The first-order valence-corrected chi connectivity index (χ1v) is 13.1. The Hall–Kier alpha value is -4.82. The number of carbonyl (C=O) groups excluding carboxylic acids is 3. The van der Waals surface area contributed by atoms with Crippen LogP contribution in [0.15, 0.2) is 109 Å². The molecule has 2 atom stereocenters. The zero-order valence-electron chi connectivity index (χ0n) is 21.8. The van der Waals surface area contributed by atoms with Crippen molar-refractivity contribution in [3.05, 3.63) is 131 Å². The number of urea groups is 2. The van der Waals surface area contributed by atoms with E-state index in [4.69, 9.17) is 16.3 Å². The first kappa shape index (κ1) is 28.2. The molecule has 4 rings (SSSR count). The molecule has 0 aliphatic rings. The first-order valence-electron chi connectivity index (χ1n) is 12.7. The molecule has 4 N–H and O–H groups in total. The van der Waals surface area contributed by atoms with Gasteiger partial charge in [-0.15, -0.1) is 0 Å². The lowest BCUT2D eigenvalue weighted by atomic mass is 9.93. The van der Waals surface area contributed by atoms with Crippen molar-refractivity contribution >= 4 is 41.0 Å². The van der Waals surface area contributed by atoms with Gasteiger partial charge < -0.3 is 26.0 Å². The number of amides is 4. The Bertz CT molecular complexity index is 1430. The highest BCUT2D eigenvalue weighted by atomic mass is 35.5. The van der Waals surface area contributed by atoms with Crippen LogP contribution in [0.25, 0.3) is 0 Å². The molecular formula is C31H29ClN4O4. The third-order valence-corrected chi connectivity index (χ3v) is 6.21. The maximum Gasteiger partial charge on any atom is 0.338 e. The number of nitrogens with one attached hydrogen (secondary N) is 4. The molecule has 40 heavy (non-hydrogen) atoms. The van der Waals surface area contributed by atoms with E-state index in [1.807, 2.05) is 60.7 Å². The molecule has 0 saturated carbocycles. The van der Waals surface area contributed by atoms with Crippen molar-refractivity contribution in [1.82, 2.24) is 10.6 Å². The van der Waals surface area contributed by atoms with Crippen LogP contribution in [0.2, 0.25) is 5.02 Å². The number of anilines is 2. The van der Waals surface area contributed by atoms with Gasteiger partial charge in [0.1, 0.15) is 0 Å². The lowest BCUT2D eigenvalue weighted by Crippen LogP contribution is -2.43. The Morgan fingerprint density at radius 2 is 1.20 bits per heavy atom. The largest absolute Gasteiger partial charge is 0.462 e. The van der Waals surface area contributed by atoms with Gasteiger partial charge in [0, 0.05) is 16.4 Å². The summed E-state index contributed by atoms with van der Waals surface area (Å²) < 4.78 is 5.06. The van der Waals surface area contributed by atoms with Gasteiger partial charge in [-0.1, -0.05) is 78.3 Å². The van der Waals surface area contributed by atoms with Crippen LogP contribution in [0.4, 0.5) is 21.0 Å². The predicted molar refractivity (Wildman–Crippen MR) is 157 cm³/mol. The van der Waals surface area contributed by atoms with E-state index in [1.165, 1.54) is 0 Å². The lowest BCUT2D eigenvalue weighted by molar-refractivity contribution is 0.0526. The molecule has 0 aromatic heterocycles. The quantitative estimate of drug-likeness (QED) is 0.167. The molecule has 0 fully saturated rings. The van der Waals surface area contributed by atoms with E-state index >= 15 is 0 Å². The Kier molecular flexibility index (Phi) is 9.74. The molecule has 0 radical (unpaired) electrons. The van der Waals surface area contributed by atoms with Crippen LogP contribution in [0.5, 0.6) is 0 Å². The second kappa shape index (κ2) is 13.8. The minimum atomic E-state index is -0.659. The van der Waals surface area contributed by atoms with E-state index < -0.39 is 30.1 Å². The average molecular weight is 557 g/mol. The third kappa shape index (κ3) is 7.85. The van der Waals surface area contributed by atoms with Crippen molar-refractivity contribution in [2.45, 2.75) is 19.0 Å². The summed E-state index contributed by atoms with van der Waals surface area (Å²) in [7, 11) is 0. The first-order chi connectivity index (χ1) is 19.4. The molecule has 4 aromatic carbocycles. The molecule has 4 amide bonds. The summed E-state index contributed by atoms with van der Waals surface area (Å²) in [5.74, 6) is -0.478. The van der Waals surface area contributed by atoms with Crippen LogP contribution >= 0.6 is 11.6 Å². The predicted octanol–water partition coefficient (Wildman–Crippen LogP) is 6.94. The molecule has 4 aromatic rings. The Labute approximate surface area is 237 Å². The normalized spacial score (nSPS) is 11.9. The molecule has 0 aliphatic heterocycles. The van der Waals surface area contributed by atoms with Crippen LogP contribution in [-0.2, 0) is 4.74 Å². The van der Waals surface area contributed by atoms with Crippen molar-refractivity contribution in [2.75, 3.05) is 17.2 Å². The van der Waals surface area contributed by atoms with Crippen LogP contribution < -0.4 is 21.3 Å². The van der Waals surface area contributed by atoms with Crippen molar-refractivity contribution in [2.24, 2.45) is 0 Å². The minimum Gasteiger partial charge on any atom is -0.462 e. The molecule has 204 valence electrons. The summed E-state index contributed by atoms with van der Waals surface area (Å²) in [6.45, 7) is 1.97. The highest BCUT2D eigenvalue weighted by Gasteiger charge is 2.28. The standard InChI is InChI=1S/C31H29ClN4O4/c1-2-40-29(37)23-14-9-15-26(20-23)34-31(39)36-28(22-12-7-4-8-13-22)27(21-10-5-3-6-11-21)35-30(38)33-25-18-16-24(32)17-19-25/h3-20,27-28H,2H2,1H3,(H2,33,35,38)(H2,34,36,39). The summed E-state index contributed by atoms with van der Waals surface area (Å²) in [5, 5.41) is 12.2. The van der Waals surface area contributed by atoms with E-state index in [2.05, 4.69) is 21.3 Å². The van der Waals surface area contributed by atoms with Gasteiger partial charge in [0.25, 0.3) is 0 Å². The van der Waals surface area contributed by atoms with Gasteiger partial charge in [0.2, 0.25) is 0 Å². The fourth-order valence-electron chi connectivity index (χ4n) is 4.13. The number of esters is 1. The van der Waals surface area contributed by atoms with Crippen LogP contribution in [0.3, 0.4) is 0 Å². The fourth-order valence-corrected chi connectivity index (χ4v) is 4.25. The zero-order chi connectivity index (χ0) is 28.3. The highest BCUT2D eigenvalue weighted by molar-refractivity contribution is 6.30. The van der Waals surface area contributed by atoms with Gasteiger partial charge in [-0.3, -0.25) is 0 Å². The van der Waals surface area contributed by atoms with Crippen molar-refractivity contribution in [1.29, 1.82) is 0 Å². The number of carbonyl (C=O) groups is 3. The number of rotatable bonds is 9. The fraction of sp³-hybridized carbons (Fsp3) is 0.129. The molecule has 2 unspecified atom stereocenters. The van der Waals surface area contributed by atoms with E-state index in [0.29, 0.717) is 22.0 Å². The number of benzene rings is 4. The molecule has 8 nitrogen and oxygen atoms in total. The summed E-state index contributed by atoms with van der Waals surface area (Å²) in [4.78, 5) is 38.5. The Morgan fingerprint density at radius 1 is 0.675 bits per heavy atom. The van der Waals surface area contributed by atoms with Crippen LogP contribution in [0, 0.1) is 0 Å². The maximum atomic E-state index is 13.3. The highest BCUT2D eigenvalue weighted by Crippen LogP contribution is 2.29. The van der Waals surface area contributed by atoms with Gasteiger partial charge in [0.15, 0.2) is 0 Å².